The zero-order valence-electron chi connectivity index (χ0n) is 8.28. The Morgan fingerprint density at radius 2 is 2.00 bits per heavy atom. The van der Waals surface area contributed by atoms with Gasteiger partial charge in [-0.2, -0.15) is 0 Å². The van der Waals surface area contributed by atoms with Crippen LogP contribution in [0.3, 0.4) is 0 Å². The fraction of sp³-hybridized carbons (Fsp3) is 0.111. The molecule has 6 nitrogen and oxygen atoms in total. The van der Waals surface area contributed by atoms with Gasteiger partial charge in [-0.1, -0.05) is 12.1 Å². The summed E-state index contributed by atoms with van der Waals surface area (Å²) in [6.07, 6.45) is 0. The molecule has 0 aliphatic heterocycles. The summed E-state index contributed by atoms with van der Waals surface area (Å²) in [6.45, 7) is 1.31. The van der Waals surface area contributed by atoms with Crippen LogP contribution in [0.15, 0.2) is 24.3 Å². The van der Waals surface area contributed by atoms with Crippen LogP contribution in [0.25, 0.3) is 0 Å². The molecule has 0 bridgehead atoms. The highest BCUT2D eigenvalue weighted by molar-refractivity contribution is 7.70. The molecule has 0 aromatic heterocycles. The molecule has 1 aromatic rings. The Balaban J connectivity index is 2.99. The van der Waals surface area contributed by atoms with Gasteiger partial charge in [0.05, 0.1) is 0 Å². The van der Waals surface area contributed by atoms with Gasteiger partial charge in [0.15, 0.2) is 5.78 Å². The highest BCUT2D eigenvalue weighted by Crippen LogP contribution is 2.43. The van der Waals surface area contributed by atoms with Gasteiger partial charge in [-0.15, -0.1) is 0 Å². The molecule has 0 heterocycles. The molecule has 0 spiro atoms. The van der Waals surface area contributed by atoms with Crippen LogP contribution in [-0.2, 0) is 4.57 Å². The van der Waals surface area contributed by atoms with Crippen LogP contribution in [0, 0.1) is 0 Å². The average Bonchev–Trinajstić information content (AvgIpc) is 2.17. The number of benzene rings is 1. The first-order valence-electron chi connectivity index (χ1n) is 4.20. The Labute approximate surface area is 91.0 Å². The third-order valence-corrected chi connectivity index (χ3v) is 2.65. The van der Waals surface area contributed by atoms with Crippen molar-refractivity contribution in [1.29, 1.82) is 0 Å². The quantitative estimate of drug-likeness (QED) is 0.621. The zero-order valence-corrected chi connectivity index (χ0v) is 9.18. The van der Waals surface area contributed by atoms with E-state index in [1.165, 1.54) is 31.2 Å². The molecule has 0 saturated heterocycles. The molecule has 0 amide bonds. The number of hydrogen-bond donors (Lipinski definition) is 2. The minimum absolute atomic E-state index is 0.138. The highest BCUT2D eigenvalue weighted by atomic mass is 31.2. The molecule has 0 aliphatic rings. The molecule has 7 heteroatoms. The average molecular weight is 244 g/mol. The van der Waals surface area contributed by atoms with Gasteiger partial charge in [-0.25, -0.2) is 9.36 Å². The third kappa shape index (κ3) is 2.92. The molecule has 1 rings (SSSR count). The first-order valence-corrected chi connectivity index (χ1v) is 5.77. The predicted molar refractivity (Wildman–Crippen MR) is 54.9 cm³/mol. The van der Waals surface area contributed by atoms with Crippen molar-refractivity contribution >= 4 is 19.1 Å². The number of carbonyl (C=O) groups is 2. The largest absolute Gasteiger partial charge is 0.485 e. The molecule has 1 aromatic carbocycles. The van der Waals surface area contributed by atoms with Crippen molar-refractivity contribution in [2.45, 2.75) is 6.92 Å². The minimum atomic E-state index is -4.73. The van der Waals surface area contributed by atoms with Crippen molar-refractivity contribution in [3.63, 3.8) is 0 Å². The van der Waals surface area contributed by atoms with Crippen LogP contribution in [0.5, 0.6) is 5.75 Å². The molecule has 2 N–H and O–H groups in total. The Morgan fingerprint density at radius 3 is 2.50 bits per heavy atom. The van der Waals surface area contributed by atoms with Gasteiger partial charge >= 0.3 is 13.3 Å². The maximum Gasteiger partial charge on any atom is 0.485 e. The number of rotatable bonds is 4. The molecule has 1 unspecified atom stereocenters. The van der Waals surface area contributed by atoms with E-state index in [0.29, 0.717) is 0 Å². The fourth-order valence-corrected chi connectivity index (χ4v) is 1.43. The van der Waals surface area contributed by atoms with Gasteiger partial charge in [0.1, 0.15) is 5.75 Å². The zero-order chi connectivity index (χ0) is 12.3. The van der Waals surface area contributed by atoms with Crippen molar-refractivity contribution in [3.8, 4) is 5.75 Å². The van der Waals surface area contributed by atoms with E-state index >= 15 is 0 Å². The SMILES string of the molecule is CC(=O)c1cccc(OP(=O)(O)C(=O)O)c1. The van der Waals surface area contributed by atoms with Gasteiger partial charge in [0.25, 0.3) is 0 Å². The number of carbonyl (C=O) groups excluding carboxylic acids is 1. The van der Waals surface area contributed by atoms with E-state index < -0.39 is 13.3 Å². The second-order valence-corrected chi connectivity index (χ2v) is 4.58. The van der Waals surface area contributed by atoms with E-state index in [4.69, 9.17) is 10.00 Å². The van der Waals surface area contributed by atoms with E-state index in [9.17, 15) is 14.2 Å². The smallest absolute Gasteiger partial charge is 0.471 e. The molecular formula is C9H9O6P. The topological polar surface area (TPSA) is 101 Å². The van der Waals surface area contributed by atoms with Gasteiger partial charge < -0.3 is 14.5 Å². The summed E-state index contributed by atoms with van der Waals surface area (Å²) >= 11 is 0. The van der Waals surface area contributed by atoms with E-state index in [-0.39, 0.29) is 17.1 Å². The van der Waals surface area contributed by atoms with E-state index in [1.807, 2.05) is 0 Å². The second kappa shape index (κ2) is 4.47. The maximum atomic E-state index is 11.0. The van der Waals surface area contributed by atoms with Gasteiger partial charge in [-0.3, -0.25) is 4.79 Å². The number of ketones is 1. The third-order valence-electron chi connectivity index (χ3n) is 1.71. The lowest BCUT2D eigenvalue weighted by atomic mass is 10.1. The molecule has 16 heavy (non-hydrogen) atoms. The van der Waals surface area contributed by atoms with Crippen molar-refractivity contribution in [2.24, 2.45) is 0 Å². The lowest BCUT2D eigenvalue weighted by Crippen LogP contribution is -2.02. The van der Waals surface area contributed by atoms with Crippen molar-refractivity contribution in [3.05, 3.63) is 29.8 Å². The summed E-state index contributed by atoms with van der Waals surface area (Å²) in [5, 5.41) is 8.38. The van der Waals surface area contributed by atoms with Crippen molar-refractivity contribution < 1.29 is 28.7 Å². The van der Waals surface area contributed by atoms with Crippen molar-refractivity contribution in [1.82, 2.24) is 0 Å². The minimum Gasteiger partial charge on any atom is -0.471 e. The highest BCUT2D eigenvalue weighted by Gasteiger charge is 2.31. The lowest BCUT2D eigenvalue weighted by molar-refractivity contribution is 0.101. The Kier molecular flexibility index (Phi) is 3.47. The normalized spacial score (nSPS) is 13.9. The monoisotopic (exact) mass is 244 g/mol. The van der Waals surface area contributed by atoms with E-state index in [2.05, 4.69) is 4.52 Å². The van der Waals surface area contributed by atoms with Crippen LogP contribution in [0.2, 0.25) is 0 Å². The van der Waals surface area contributed by atoms with E-state index in [0.717, 1.165) is 0 Å². The molecule has 0 radical (unpaired) electrons. The maximum absolute atomic E-state index is 11.0. The van der Waals surface area contributed by atoms with Gasteiger partial charge in [0.2, 0.25) is 0 Å². The fourth-order valence-electron chi connectivity index (χ4n) is 0.954. The number of hydrogen-bond acceptors (Lipinski definition) is 4. The summed E-state index contributed by atoms with van der Waals surface area (Å²) in [7, 11) is -4.73. The summed E-state index contributed by atoms with van der Waals surface area (Å²) < 4.78 is 15.4. The summed E-state index contributed by atoms with van der Waals surface area (Å²) in [6, 6.07) is 5.40. The van der Waals surface area contributed by atoms with Gasteiger partial charge in [0, 0.05) is 5.56 Å². The van der Waals surface area contributed by atoms with Crippen LogP contribution in [-0.4, -0.2) is 21.5 Å². The Bertz CT molecular complexity index is 481. The lowest BCUT2D eigenvalue weighted by Gasteiger charge is -2.09. The van der Waals surface area contributed by atoms with Gasteiger partial charge in [-0.05, 0) is 19.1 Å². The second-order valence-electron chi connectivity index (χ2n) is 2.98. The van der Waals surface area contributed by atoms with Crippen molar-refractivity contribution in [2.75, 3.05) is 0 Å². The standard InChI is InChI=1S/C9H9O6P/c1-6(10)7-3-2-4-8(5-7)15-16(13,14)9(11)12/h2-5H,1H3,(H,11,12)(H,13,14). The molecule has 0 saturated carbocycles. The Morgan fingerprint density at radius 1 is 1.38 bits per heavy atom. The Hall–Kier alpha value is -1.65. The summed E-state index contributed by atoms with van der Waals surface area (Å²) in [5.74, 6) is -0.394. The molecule has 86 valence electrons. The van der Waals surface area contributed by atoms with E-state index in [1.54, 1.807) is 0 Å². The molecule has 0 aliphatic carbocycles. The van der Waals surface area contributed by atoms with Crippen LogP contribution < -0.4 is 4.52 Å². The van der Waals surface area contributed by atoms with Crippen LogP contribution >= 0.6 is 7.60 Å². The molecule has 1 atom stereocenters. The first kappa shape index (κ1) is 12.4. The summed E-state index contributed by atoms with van der Waals surface area (Å²) in [5.41, 5.74) is -1.68. The number of carboxylic acid groups (broad SMARTS) is 1. The first-order chi connectivity index (χ1) is 7.33. The summed E-state index contributed by atoms with van der Waals surface area (Å²) in [4.78, 5) is 30.3. The molecular weight excluding hydrogens is 235 g/mol. The number of Topliss-reactive ketones (excluding diaryl/α,β-unsaturated/α-hetero) is 1. The predicted octanol–water partition coefficient (Wildman–Crippen LogP) is 2.13. The van der Waals surface area contributed by atoms with Crippen LogP contribution in [0.4, 0.5) is 4.79 Å². The molecule has 0 fully saturated rings. The van der Waals surface area contributed by atoms with Crippen LogP contribution in [0.1, 0.15) is 17.3 Å².